The molecule has 4 rings (SSSR count). The lowest BCUT2D eigenvalue weighted by Crippen LogP contribution is -2.58. The maximum atomic E-state index is 12.1. The Morgan fingerprint density at radius 3 is 2.72 bits per heavy atom. The molecule has 2 heterocycles. The molecule has 0 aromatic rings. The van der Waals surface area contributed by atoms with Crippen LogP contribution in [0.1, 0.15) is 46.5 Å². The van der Waals surface area contributed by atoms with Crippen LogP contribution in [-0.2, 0) is 14.3 Å². The minimum Gasteiger partial charge on any atom is -0.455 e. The van der Waals surface area contributed by atoms with Crippen LogP contribution in [0.2, 0.25) is 0 Å². The van der Waals surface area contributed by atoms with Crippen molar-refractivity contribution in [1.29, 1.82) is 0 Å². The predicted molar refractivity (Wildman–Crippen MR) is 65.9 cm³/mol. The Bertz CT molecular complexity index is 420. The van der Waals surface area contributed by atoms with Crippen molar-refractivity contribution in [1.82, 2.24) is 0 Å². The first-order valence-electron chi connectivity index (χ1n) is 7.40. The highest BCUT2D eigenvalue weighted by Crippen LogP contribution is 2.66. The van der Waals surface area contributed by atoms with Crippen molar-refractivity contribution in [3.05, 3.63) is 0 Å². The molecular formula is C15H22O3. The third-order valence-electron chi connectivity index (χ3n) is 6.28. The molecule has 100 valence electrons. The highest BCUT2D eigenvalue weighted by molar-refractivity contribution is 5.76. The molecule has 0 aromatic carbocycles. The molecule has 0 radical (unpaired) electrons. The average Bonchev–Trinajstić information content (AvgIpc) is 2.95. The Morgan fingerprint density at radius 2 is 1.94 bits per heavy atom. The van der Waals surface area contributed by atoms with E-state index in [-0.39, 0.29) is 29.2 Å². The van der Waals surface area contributed by atoms with Crippen LogP contribution in [-0.4, -0.2) is 23.3 Å². The lowest BCUT2D eigenvalue weighted by molar-refractivity contribution is -0.168. The van der Waals surface area contributed by atoms with E-state index in [1.54, 1.807) is 0 Å². The molecule has 18 heavy (non-hydrogen) atoms. The van der Waals surface area contributed by atoms with Gasteiger partial charge in [0.15, 0.2) is 0 Å². The lowest BCUT2D eigenvalue weighted by Gasteiger charge is -2.49. The number of hydrogen-bond acceptors (Lipinski definition) is 3. The smallest absolute Gasteiger partial charge is 0.309 e. The van der Waals surface area contributed by atoms with Crippen LogP contribution in [0.5, 0.6) is 0 Å². The van der Waals surface area contributed by atoms with E-state index in [4.69, 9.17) is 9.47 Å². The molecule has 3 nitrogen and oxygen atoms in total. The van der Waals surface area contributed by atoms with E-state index in [1.807, 2.05) is 6.92 Å². The highest BCUT2D eigenvalue weighted by atomic mass is 16.7. The SMILES string of the molecule is C[C@@H]1CC[C@H]2[C@@H](C)C(=O)O[C@]23[C@H]1CC[C@@]1(C)O[C@@H]31. The van der Waals surface area contributed by atoms with Crippen LogP contribution < -0.4 is 0 Å². The summed E-state index contributed by atoms with van der Waals surface area (Å²) in [5, 5.41) is 0. The minimum atomic E-state index is -0.277. The first kappa shape index (κ1) is 11.3. The summed E-state index contributed by atoms with van der Waals surface area (Å²) in [6.45, 7) is 6.56. The second-order valence-electron chi connectivity index (χ2n) is 7.18. The number of hydrogen-bond donors (Lipinski definition) is 0. The molecule has 0 amide bonds. The standard InChI is InChI=1S/C15H22O3/c1-8-4-5-11-9(2)12(16)17-15(11)10(8)6-7-14(3)13(15)18-14/h8-11,13H,4-7H2,1-3H3/t8-,9-,10+,11+,13-,14-,15-/m1/s1. The molecule has 0 bridgehead atoms. The van der Waals surface area contributed by atoms with Crippen molar-refractivity contribution in [3.8, 4) is 0 Å². The zero-order chi connectivity index (χ0) is 12.7. The molecule has 2 saturated carbocycles. The second kappa shape index (κ2) is 3.12. The van der Waals surface area contributed by atoms with E-state index in [9.17, 15) is 4.79 Å². The molecule has 1 spiro atoms. The minimum absolute atomic E-state index is 0.00382. The van der Waals surface area contributed by atoms with Gasteiger partial charge in [-0.25, -0.2) is 0 Å². The van der Waals surface area contributed by atoms with Crippen LogP contribution in [0.15, 0.2) is 0 Å². The van der Waals surface area contributed by atoms with Crippen LogP contribution in [0, 0.1) is 23.7 Å². The van der Waals surface area contributed by atoms with E-state index >= 15 is 0 Å². The average molecular weight is 250 g/mol. The van der Waals surface area contributed by atoms with Gasteiger partial charge >= 0.3 is 5.97 Å². The molecule has 7 atom stereocenters. The molecule has 2 aliphatic heterocycles. The summed E-state index contributed by atoms with van der Waals surface area (Å²) in [5.41, 5.74) is -0.280. The van der Waals surface area contributed by atoms with Gasteiger partial charge in [0.05, 0.1) is 11.5 Å². The summed E-state index contributed by atoms with van der Waals surface area (Å²) in [6, 6.07) is 0. The largest absolute Gasteiger partial charge is 0.455 e. The van der Waals surface area contributed by atoms with Crippen molar-refractivity contribution < 1.29 is 14.3 Å². The lowest BCUT2D eigenvalue weighted by atomic mass is 9.55. The number of epoxide rings is 1. The Kier molecular flexibility index (Phi) is 1.95. The number of ether oxygens (including phenoxy) is 2. The van der Waals surface area contributed by atoms with Gasteiger partial charge in [-0.2, -0.15) is 0 Å². The summed E-state index contributed by atoms with van der Waals surface area (Å²) in [7, 11) is 0. The molecule has 2 aliphatic carbocycles. The number of esters is 1. The molecule has 0 N–H and O–H groups in total. The van der Waals surface area contributed by atoms with Crippen molar-refractivity contribution in [2.45, 2.75) is 63.8 Å². The van der Waals surface area contributed by atoms with Crippen molar-refractivity contribution in [3.63, 3.8) is 0 Å². The molecule has 0 unspecified atom stereocenters. The number of carbonyl (C=O) groups is 1. The highest BCUT2D eigenvalue weighted by Gasteiger charge is 2.76. The van der Waals surface area contributed by atoms with Crippen molar-refractivity contribution in [2.75, 3.05) is 0 Å². The zero-order valence-corrected chi connectivity index (χ0v) is 11.4. The maximum absolute atomic E-state index is 12.1. The normalized spacial score (nSPS) is 61.5. The van der Waals surface area contributed by atoms with E-state index in [0.717, 1.165) is 19.3 Å². The summed E-state index contributed by atoms with van der Waals surface area (Å²) >= 11 is 0. The second-order valence-corrected chi connectivity index (χ2v) is 7.18. The molecular weight excluding hydrogens is 228 g/mol. The van der Waals surface area contributed by atoms with Gasteiger partial charge in [-0.3, -0.25) is 4.79 Å². The molecule has 2 saturated heterocycles. The van der Waals surface area contributed by atoms with Crippen molar-refractivity contribution in [2.24, 2.45) is 23.7 Å². The Hall–Kier alpha value is -0.570. The topological polar surface area (TPSA) is 38.8 Å². The summed E-state index contributed by atoms with van der Waals surface area (Å²) in [6.07, 6.45) is 4.82. The van der Waals surface area contributed by atoms with E-state index in [2.05, 4.69) is 13.8 Å². The fraction of sp³-hybridized carbons (Fsp3) is 0.933. The quantitative estimate of drug-likeness (QED) is 0.490. The monoisotopic (exact) mass is 250 g/mol. The fourth-order valence-electron chi connectivity index (χ4n) is 5.20. The van der Waals surface area contributed by atoms with E-state index in [1.165, 1.54) is 6.42 Å². The van der Waals surface area contributed by atoms with Crippen LogP contribution >= 0.6 is 0 Å². The van der Waals surface area contributed by atoms with Gasteiger partial charge in [0.25, 0.3) is 0 Å². The van der Waals surface area contributed by atoms with E-state index in [0.29, 0.717) is 17.8 Å². The van der Waals surface area contributed by atoms with Gasteiger partial charge in [-0.15, -0.1) is 0 Å². The summed E-state index contributed by atoms with van der Waals surface area (Å²) in [4.78, 5) is 12.1. The summed E-state index contributed by atoms with van der Waals surface area (Å²) < 4.78 is 12.0. The van der Waals surface area contributed by atoms with Crippen LogP contribution in [0.3, 0.4) is 0 Å². The number of fused-ring (bicyclic) bond motifs is 1. The Morgan fingerprint density at radius 1 is 1.17 bits per heavy atom. The first-order chi connectivity index (χ1) is 8.49. The van der Waals surface area contributed by atoms with Crippen LogP contribution in [0.4, 0.5) is 0 Å². The van der Waals surface area contributed by atoms with Gasteiger partial charge < -0.3 is 9.47 Å². The number of carbonyl (C=O) groups excluding carboxylic acids is 1. The van der Waals surface area contributed by atoms with Crippen molar-refractivity contribution >= 4 is 5.97 Å². The van der Waals surface area contributed by atoms with Gasteiger partial charge in [0.1, 0.15) is 11.7 Å². The summed E-state index contributed by atoms with van der Waals surface area (Å²) in [5.74, 6) is 1.64. The van der Waals surface area contributed by atoms with E-state index < -0.39 is 0 Å². The third-order valence-corrected chi connectivity index (χ3v) is 6.28. The van der Waals surface area contributed by atoms with Gasteiger partial charge in [0, 0.05) is 11.8 Å². The van der Waals surface area contributed by atoms with Crippen LogP contribution in [0.25, 0.3) is 0 Å². The molecule has 3 heteroatoms. The predicted octanol–water partition coefficient (Wildman–Crippen LogP) is 2.53. The maximum Gasteiger partial charge on any atom is 0.309 e. The molecule has 4 fully saturated rings. The Labute approximate surface area is 108 Å². The molecule has 0 aromatic heterocycles. The first-order valence-corrected chi connectivity index (χ1v) is 7.40. The van der Waals surface area contributed by atoms with Gasteiger partial charge in [0.2, 0.25) is 0 Å². The molecule has 4 aliphatic rings. The Balaban J connectivity index is 1.81. The number of rotatable bonds is 0. The van der Waals surface area contributed by atoms with Gasteiger partial charge in [-0.05, 0) is 38.5 Å². The third kappa shape index (κ3) is 1.08. The van der Waals surface area contributed by atoms with Gasteiger partial charge in [-0.1, -0.05) is 13.8 Å². The zero-order valence-electron chi connectivity index (χ0n) is 11.4. The fourth-order valence-corrected chi connectivity index (χ4v) is 5.20.